The van der Waals surface area contributed by atoms with Crippen molar-refractivity contribution in [2.75, 3.05) is 26.4 Å². The van der Waals surface area contributed by atoms with Gasteiger partial charge in [-0.1, -0.05) is 130 Å². The van der Waals surface area contributed by atoms with E-state index in [1.165, 1.54) is 64.2 Å². The number of unbranched alkanes of at least 4 members (excludes halogenated alkanes) is 16. The third-order valence-electron chi connectivity index (χ3n) is 13.3. The summed E-state index contributed by atoms with van der Waals surface area (Å²) in [6.07, 6.45) is 24.2. The molecule has 0 unspecified atom stereocenters. The molecule has 12 nitrogen and oxygen atoms in total. The number of hydrogen-bond acceptors (Lipinski definition) is 12. The lowest BCUT2D eigenvalue weighted by Gasteiger charge is -2.25. The Morgan fingerprint density at radius 2 is 0.608 bits per heavy atom. The number of carbonyl (C=O) groups is 4. The molecule has 1 fully saturated rings. The van der Waals surface area contributed by atoms with Crippen molar-refractivity contribution < 1.29 is 57.1 Å². The molecule has 0 amide bonds. The zero-order valence-electron chi connectivity index (χ0n) is 44.9. The molecule has 1 aliphatic carbocycles. The molecule has 4 aromatic rings. The van der Waals surface area contributed by atoms with Gasteiger partial charge in [-0.05, 0) is 136 Å². The molecular formula is C62H84O12. The fourth-order valence-electron chi connectivity index (χ4n) is 8.73. The molecule has 74 heavy (non-hydrogen) atoms. The number of carbonyl (C=O) groups excluding carboxylic acids is 4. The lowest BCUT2D eigenvalue weighted by molar-refractivity contribution is -0.145. The average Bonchev–Trinajstić information content (AvgIpc) is 3.41. The Labute approximate surface area is 441 Å². The first-order valence-electron chi connectivity index (χ1n) is 28.1. The first kappa shape index (κ1) is 58.8. The zero-order valence-corrected chi connectivity index (χ0v) is 44.9. The van der Waals surface area contributed by atoms with Crippen LogP contribution < -0.4 is 37.9 Å². The number of benzene rings is 4. The maximum absolute atomic E-state index is 13.3. The smallest absolute Gasteiger partial charge is 0.343 e. The molecule has 5 rings (SSSR count). The number of esters is 4. The van der Waals surface area contributed by atoms with E-state index in [1.807, 2.05) is 0 Å². The fraction of sp³-hybridized carbons (Fsp3) is 0.548. The van der Waals surface area contributed by atoms with Crippen molar-refractivity contribution in [1.82, 2.24) is 0 Å². The van der Waals surface area contributed by atoms with Gasteiger partial charge in [-0.3, -0.25) is 9.59 Å². The number of ether oxygens (including phenoxy) is 8. The molecule has 0 N–H and O–H groups in total. The molecule has 0 atom stereocenters. The third kappa shape index (κ3) is 21.4. The molecule has 0 heterocycles. The Morgan fingerprint density at radius 1 is 0.338 bits per heavy atom. The van der Waals surface area contributed by atoms with E-state index in [9.17, 15) is 19.2 Å². The summed E-state index contributed by atoms with van der Waals surface area (Å²) in [5.74, 6) is 0.918. The summed E-state index contributed by atoms with van der Waals surface area (Å²) in [5.41, 5.74) is 0.672. The molecule has 1 aliphatic rings. The summed E-state index contributed by atoms with van der Waals surface area (Å²) in [7, 11) is 0. The summed E-state index contributed by atoms with van der Waals surface area (Å²) < 4.78 is 47.2. The minimum Gasteiger partial charge on any atom is -0.490 e. The van der Waals surface area contributed by atoms with Crippen LogP contribution in [-0.2, 0) is 9.59 Å². The van der Waals surface area contributed by atoms with Crippen molar-refractivity contribution in [3.63, 3.8) is 0 Å². The molecular weight excluding hydrogens is 937 g/mol. The topological polar surface area (TPSA) is 142 Å². The van der Waals surface area contributed by atoms with Crippen LogP contribution in [0.25, 0.3) is 0 Å². The standard InChI is InChI=1S/C62H84O12/c1-5-9-13-17-21-41-67-55-39-29-49(45-57(55)69-43-23-19-15-11-7-3)61(65)73-53-35-31-51(32-36-53)71-59(63)47-25-27-48(28-26-47)60(64)72-52-33-37-54(38-34-52)74-62(66)50-30-40-56(68-42-22-18-14-10-6-2)58(46-50)70-44-24-20-16-12-8-4/h29-40,45-48H,5-28,41-44H2,1-4H3. The highest BCUT2D eigenvalue weighted by Gasteiger charge is 2.32. The van der Waals surface area contributed by atoms with Crippen LogP contribution in [0.1, 0.15) is 203 Å². The molecule has 0 radical (unpaired) electrons. The van der Waals surface area contributed by atoms with Crippen molar-refractivity contribution in [3.8, 4) is 46.0 Å². The molecule has 1 saturated carbocycles. The lowest BCUT2D eigenvalue weighted by Crippen LogP contribution is -2.30. The van der Waals surface area contributed by atoms with Gasteiger partial charge in [0.15, 0.2) is 23.0 Å². The van der Waals surface area contributed by atoms with Gasteiger partial charge in [0.2, 0.25) is 0 Å². The molecule has 0 saturated heterocycles. The Morgan fingerprint density at radius 3 is 0.905 bits per heavy atom. The minimum absolute atomic E-state index is 0.300. The highest BCUT2D eigenvalue weighted by molar-refractivity contribution is 5.92. The Kier molecular flexibility index (Phi) is 27.4. The van der Waals surface area contributed by atoms with Gasteiger partial charge in [-0.15, -0.1) is 0 Å². The van der Waals surface area contributed by atoms with Gasteiger partial charge in [0, 0.05) is 0 Å². The van der Waals surface area contributed by atoms with E-state index < -0.39 is 11.9 Å². The van der Waals surface area contributed by atoms with E-state index in [-0.39, 0.29) is 23.8 Å². The summed E-state index contributed by atoms with van der Waals surface area (Å²) in [6.45, 7) is 11.0. The van der Waals surface area contributed by atoms with E-state index in [1.54, 1.807) is 84.9 Å². The number of hydrogen-bond donors (Lipinski definition) is 0. The van der Waals surface area contributed by atoms with Crippen molar-refractivity contribution in [2.24, 2.45) is 11.8 Å². The summed E-state index contributed by atoms with van der Waals surface area (Å²) >= 11 is 0. The van der Waals surface area contributed by atoms with Crippen molar-refractivity contribution >= 4 is 23.9 Å². The van der Waals surface area contributed by atoms with Crippen molar-refractivity contribution in [2.45, 2.75) is 182 Å². The highest BCUT2D eigenvalue weighted by Crippen LogP contribution is 2.34. The van der Waals surface area contributed by atoms with Crippen LogP contribution in [0, 0.1) is 11.8 Å². The van der Waals surface area contributed by atoms with Crippen LogP contribution in [0.15, 0.2) is 84.9 Å². The first-order valence-corrected chi connectivity index (χ1v) is 28.1. The lowest BCUT2D eigenvalue weighted by atomic mass is 9.82. The van der Waals surface area contributed by atoms with Gasteiger partial charge < -0.3 is 37.9 Å². The Hall–Kier alpha value is -6.04. The fourth-order valence-corrected chi connectivity index (χ4v) is 8.73. The molecule has 404 valence electrons. The van der Waals surface area contributed by atoms with Crippen LogP contribution >= 0.6 is 0 Å². The van der Waals surface area contributed by atoms with Crippen molar-refractivity contribution in [1.29, 1.82) is 0 Å². The molecule has 0 spiro atoms. The largest absolute Gasteiger partial charge is 0.490 e. The van der Waals surface area contributed by atoms with Gasteiger partial charge in [-0.2, -0.15) is 0 Å². The van der Waals surface area contributed by atoms with Crippen LogP contribution in [0.5, 0.6) is 46.0 Å². The Balaban J connectivity index is 1.05. The first-order chi connectivity index (χ1) is 36.2. The quantitative estimate of drug-likeness (QED) is 0.0243. The van der Waals surface area contributed by atoms with E-state index in [2.05, 4.69) is 27.7 Å². The zero-order chi connectivity index (χ0) is 52.6. The number of rotatable bonds is 36. The van der Waals surface area contributed by atoms with Crippen LogP contribution in [0.4, 0.5) is 0 Å². The van der Waals surface area contributed by atoms with Crippen molar-refractivity contribution in [3.05, 3.63) is 96.1 Å². The normalized spacial score (nSPS) is 14.2. The maximum Gasteiger partial charge on any atom is 0.343 e. The van der Waals surface area contributed by atoms with Crippen LogP contribution in [0.3, 0.4) is 0 Å². The van der Waals surface area contributed by atoms with Gasteiger partial charge in [0.1, 0.15) is 23.0 Å². The second-order valence-corrected chi connectivity index (χ2v) is 19.5. The van der Waals surface area contributed by atoms with E-state index >= 15 is 0 Å². The van der Waals surface area contributed by atoms with Crippen LogP contribution in [0.2, 0.25) is 0 Å². The monoisotopic (exact) mass is 1020 g/mol. The average molecular weight is 1020 g/mol. The molecule has 4 aromatic carbocycles. The summed E-state index contributed by atoms with van der Waals surface area (Å²) in [4.78, 5) is 53.0. The van der Waals surface area contributed by atoms with Gasteiger partial charge in [0.05, 0.1) is 49.4 Å². The minimum atomic E-state index is -0.544. The molecule has 0 aromatic heterocycles. The van der Waals surface area contributed by atoms with Gasteiger partial charge in [0.25, 0.3) is 0 Å². The van der Waals surface area contributed by atoms with Crippen LogP contribution in [-0.4, -0.2) is 50.3 Å². The van der Waals surface area contributed by atoms with Gasteiger partial charge >= 0.3 is 23.9 Å². The molecule has 0 aliphatic heterocycles. The predicted octanol–water partition coefficient (Wildman–Crippen LogP) is 15.8. The summed E-state index contributed by atoms with van der Waals surface area (Å²) in [5, 5.41) is 0. The van der Waals surface area contributed by atoms with Gasteiger partial charge in [-0.25, -0.2) is 9.59 Å². The van der Waals surface area contributed by atoms with E-state index in [0.717, 1.165) is 64.2 Å². The predicted molar refractivity (Wildman–Crippen MR) is 289 cm³/mol. The highest BCUT2D eigenvalue weighted by atomic mass is 16.6. The second kappa shape index (κ2) is 34.4. The molecule has 0 bridgehead atoms. The maximum atomic E-state index is 13.3. The second-order valence-electron chi connectivity index (χ2n) is 19.5. The molecule has 12 heteroatoms. The summed E-state index contributed by atoms with van der Waals surface area (Å²) in [6, 6.07) is 23.0. The Bertz CT molecular complexity index is 2090. The third-order valence-corrected chi connectivity index (χ3v) is 13.3. The van der Waals surface area contributed by atoms with E-state index in [0.29, 0.717) is 109 Å². The van der Waals surface area contributed by atoms with E-state index in [4.69, 9.17) is 37.9 Å². The SMILES string of the molecule is CCCCCCCOc1ccc(C(=O)Oc2ccc(OC(=O)C3CCC(C(=O)Oc4ccc(OC(=O)c5ccc(OCCCCCCC)c(OCCCCCCC)c5)cc4)CC3)cc2)cc1OCCCCCCC.